The topological polar surface area (TPSA) is 20.3 Å². The molecule has 0 radical (unpaired) electrons. The van der Waals surface area contributed by atoms with E-state index in [2.05, 4.69) is 37.9 Å². The van der Waals surface area contributed by atoms with E-state index in [0.29, 0.717) is 0 Å². The van der Waals surface area contributed by atoms with Crippen molar-refractivity contribution in [2.24, 2.45) is 0 Å². The number of benzene rings is 2. The molecule has 20 heavy (non-hydrogen) atoms. The Kier molecular flexibility index (Phi) is 5.22. The Morgan fingerprint density at radius 2 is 1.80 bits per heavy atom. The summed E-state index contributed by atoms with van der Waals surface area (Å²) in [6.45, 7) is 4.80. The first kappa shape index (κ1) is 15.5. The molecular formula is C16H17Br2NO. The van der Waals surface area contributed by atoms with Crippen molar-refractivity contribution in [2.45, 2.75) is 19.9 Å². The minimum atomic E-state index is 0.0873. The fraction of sp³-hybridized carbons (Fsp3) is 0.312. The van der Waals surface area contributed by atoms with Gasteiger partial charge in [-0.2, -0.15) is 0 Å². The lowest BCUT2D eigenvalue weighted by atomic mass is 10.1. The molecule has 0 aliphatic rings. The molecule has 0 aromatic heterocycles. The van der Waals surface area contributed by atoms with Gasteiger partial charge in [0.1, 0.15) is 0 Å². The molecule has 0 heterocycles. The second-order valence-electron chi connectivity index (χ2n) is 4.99. The molecule has 0 spiro atoms. The van der Waals surface area contributed by atoms with E-state index < -0.39 is 0 Å². The predicted octanol–water partition coefficient (Wildman–Crippen LogP) is 4.85. The van der Waals surface area contributed by atoms with E-state index >= 15 is 0 Å². The molecule has 0 bridgehead atoms. The third-order valence-corrected chi connectivity index (χ3v) is 4.11. The van der Waals surface area contributed by atoms with E-state index in [1.807, 2.05) is 49.1 Å². The summed E-state index contributed by atoms with van der Waals surface area (Å²) in [4.78, 5) is 14.5. The molecule has 106 valence electrons. The third kappa shape index (κ3) is 3.41. The van der Waals surface area contributed by atoms with Crippen molar-refractivity contribution >= 4 is 48.5 Å². The average molecular weight is 399 g/mol. The minimum Gasteiger partial charge on any atom is -0.335 e. The molecule has 0 saturated heterocycles. The minimum absolute atomic E-state index is 0.0873. The Morgan fingerprint density at radius 3 is 2.45 bits per heavy atom. The Bertz CT molecular complexity index is 625. The lowest BCUT2D eigenvalue weighted by Gasteiger charge is -2.26. The number of fused-ring (bicyclic) bond motifs is 1. The van der Waals surface area contributed by atoms with Gasteiger partial charge in [-0.15, -0.1) is 0 Å². The van der Waals surface area contributed by atoms with Crippen LogP contribution in [0.3, 0.4) is 0 Å². The van der Waals surface area contributed by atoms with Crippen LogP contribution < -0.4 is 0 Å². The van der Waals surface area contributed by atoms with Gasteiger partial charge in [0.15, 0.2) is 0 Å². The van der Waals surface area contributed by atoms with E-state index in [-0.39, 0.29) is 11.9 Å². The maximum atomic E-state index is 12.6. The zero-order valence-corrected chi connectivity index (χ0v) is 14.7. The summed E-state index contributed by atoms with van der Waals surface area (Å²) >= 11 is 6.87. The van der Waals surface area contributed by atoms with Gasteiger partial charge in [-0.1, -0.05) is 44.0 Å². The molecule has 2 rings (SSSR count). The number of amides is 1. The first-order valence-corrected chi connectivity index (χ1v) is 8.50. The van der Waals surface area contributed by atoms with Gasteiger partial charge in [-0.3, -0.25) is 4.79 Å². The van der Waals surface area contributed by atoms with Gasteiger partial charge in [0.25, 0.3) is 5.91 Å². The number of hydrogen-bond donors (Lipinski definition) is 0. The Hall–Kier alpha value is -0.870. The molecule has 1 amide bonds. The Labute approximate surface area is 136 Å². The number of nitrogens with zero attached hydrogens (tertiary/aromatic N) is 1. The third-order valence-electron chi connectivity index (χ3n) is 3.26. The second kappa shape index (κ2) is 6.72. The smallest absolute Gasteiger partial charge is 0.254 e. The molecule has 0 atom stereocenters. The van der Waals surface area contributed by atoms with Crippen LogP contribution in [0.1, 0.15) is 24.2 Å². The fourth-order valence-electron chi connectivity index (χ4n) is 2.20. The first-order chi connectivity index (χ1) is 9.52. The predicted molar refractivity (Wildman–Crippen MR) is 91.6 cm³/mol. The highest BCUT2D eigenvalue weighted by Gasteiger charge is 2.18. The summed E-state index contributed by atoms with van der Waals surface area (Å²) in [6, 6.07) is 12.1. The van der Waals surface area contributed by atoms with E-state index in [1.165, 1.54) is 0 Å². The Morgan fingerprint density at radius 1 is 1.15 bits per heavy atom. The van der Waals surface area contributed by atoms with Crippen molar-refractivity contribution in [1.29, 1.82) is 0 Å². The van der Waals surface area contributed by atoms with Crippen molar-refractivity contribution in [3.63, 3.8) is 0 Å². The molecule has 0 aliphatic heterocycles. The second-order valence-corrected chi connectivity index (χ2v) is 6.70. The van der Waals surface area contributed by atoms with E-state index in [4.69, 9.17) is 0 Å². The monoisotopic (exact) mass is 397 g/mol. The average Bonchev–Trinajstić information content (AvgIpc) is 2.43. The molecule has 2 aromatic carbocycles. The molecule has 2 aromatic rings. The number of halogens is 2. The maximum Gasteiger partial charge on any atom is 0.254 e. The Balaban J connectivity index is 2.36. The number of alkyl halides is 1. The molecule has 4 heteroatoms. The van der Waals surface area contributed by atoms with Gasteiger partial charge in [-0.05, 0) is 48.9 Å². The van der Waals surface area contributed by atoms with Crippen molar-refractivity contribution in [1.82, 2.24) is 4.90 Å². The van der Waals surface area contributed by atoms with Crippen LogP contribution in [0.2, 0.25) is 0 Å². The summed E-state index contributed by atoms with van der Waals surface area (Å²) in [6.07, 6.45) is 0. The van der Waals surface area contributed by atoms with Crippen LogP contribution in [0.15, 0.2) is 40.9 Å². The van der Waals surface area contributed by atoms with Gasteiger partial charge in [-0.25, -0.2) is 0 Å². The lowest BCUT2D eigenvalue weighted by molar-refractivity contribution is 0.0719. The molecule has 0 fully saturated rings. The first-order valence-electron chi connectivity index (χ1n) is 6.59. The standard InChI is InChI=1S/C16H17Br2NO/c1-11(2)19(8-7-17)16(20)14-4-3-13-10-15(18)6-5-12(13)9-14/h3-6,9-11H,7-8H2,1-2H3. The normalized spacial score (nSPS) is 11.1. The molecular weight excluding hydrogens is 382 g/mol. The molecule has 0 N–H and O–H groups in total. The van der Waals surface area contributed by atoms with Crippen LogP contribution >= 0.6 is 31.9 Å². The van der Waals surface area contributed by atoms with Crippen molar-refractivity contribution in [2.75, 3.05) is 11.9 Å². The zero-order valence-electron chi connectivity index (χ0n) is 11.6. The summed E-state index contributed by atoms with van der Waals surface area (Å²) in [5, 5.41) is 3.01. The van der Waals surface area contributed by atoms with E-state index in [1.54, 1.807) is 0 Å². The quantitative estimate of drug-likeness (QED) is 0.674. The summed E-state index contributed by atoms with van der Waals surface area (Å²) in [7, 11) is 0. The van der Waals surface area contributed by atoms with Gasteiger partial charge in [0.05, 0.1) is 0 Å². The van der Waals surface area contributed by atoms with Gasteiger partial charge >= 0.3 is 0 Å². The van der Waals surface area contributed by atoms with Gasteiger partial charge in [0.2, 0.25) is 0 Å². The number of rotatable bonds is 4. The highest BCUT2D eigenvalue weighted by Crippen LogP contribution is 2.22. The zero-order chi connectivity index (χ0) is 14.7. The van der Waals surface area contributed by atoms with Gasteiger partial charge < -0.3 is 4.90 Å². The number of carbonyl (C=O) groups is 1. The van der Waals surface area contributed by atoms with Crippen molar-refractivity contribution in [3.8, 4) is 0 Å². The highest BCUT2D eigenvalue weighted by atomic mass is 79.9. The van der Waals surface area contributed by atoms with Crippen LogP contribution in [-0.2, 0) is 0 Å². The number of hydrogen-bond acceptors (Lipinski definition) is 1. The van der Waals surface area contributed by atoms with Crippen LogP contribution in [0.5, 0.6) is 0 Å². The number of carbonyl (C=O) groups excluding carboxylic acids is 1. The summed E-state index contributed by atoms with van der Waals surface area (Å²) in [5.74, 6) is 0.0873. The van der Waals surface area contributed by atoms with Crippen LogP contribution in [-0.4, -0.2) is 28.7 Å². The summed E-state index contributed by atoms with van der Waals surface area (Å²) in [5.41, 5.74) is 0.745. The molecule has 2 nitrogen and oxygen atoms in total. The summed E-state index contributed by atoms with van der Waals surface area (Å²) < 4.78 is 1.05. The van der Waals surface area contributed by atoms with Crippen LogP contribution in [0, 0.1) is 0 Å². The van der Waals surface area contributed by atoms with Gasteiger partial charge in [0, 0.05) is 28.0 Å². The fourth-order valence-corrected chi connectivity index (χ4v) is 2.96. The van der Waals surface area contributed by atoms with Crippen molar-refractivity contribution < 1.29 is 4.79 Å². The SMILES string of the molecule is CC(C)N(CCBr)C(=O)c1ccc2cc(Br)ccc2c1. The lowest BCUT2D eigenvalue weighted by Crippen LogP contribution is -2.38. The van der Waals surface area contributed by atoms with E-state index in [0.717, 1.165) is 32.7 Å². The maximum absolute atomic E-state index is 12.6. The molecule has 0 aliphatic carbocycles. The molecule has 0 saturated carbocycles. The largest absolute Gasteiger partial charge is 0.335 e. The molecule has 0 unspecified atom stereocenters. The van der Waals surface area contributed by atoms with E-state index in [9.17, 15) is 4.79 Å². The van der Waals surface area contributed by atoms with Crippen LogP contribution in [0.25, 0.3) is 10.8 Å². The highest BCUT2D eigenvalue weighted by molar-refractivity contribution is 9.10. The van der Waals surface area contributed by atoms with Crippen molar-refractivity contribution in [3.05, 3.63) is 46.4 Å². The van der Waals surface area contributed by atoms with Crippen LogP contribution in [0.4, 0.5) is 0 Å².